The molecule has 0 radical (unpaired) electrons. The van der Waals surface area contributed by atoms with Crippen LogP contribution >= 0.6 is 0 Å². The number of imidazole rings is 1. The van der Waals surface area contributed by atoms with Gasteiger partial charge in [0.25, 0.3) is 0 Å². The van der Waals surface area contributed by atoms with Crippen LogP contribution in [0.4, 0.5) is 4.39 Å². The third-order valence-electron chi connectivity index (χ3n) is 5.42. The number of piperidine rings is 1. The third kappa shape index (κ3) is 3.92. The number of nitrogens with one attached hydrogen (secondary N) is 1. The molecule has 0 bridgehead atoms. The molecule has 4 aromatic rings. The molecule has 0 amide bonds. The monoisotopic (exact) mass is 422 g/mol. The van der Waals surface area contributed by atoms with Crippen molar-refractivity contribution >= 4 is 16.6 Å². The maximum Gasteiger partial charge on any atom is 0.149 e. The zero-order chi connectivity index (χ0) is 21.2. The quantitative estimate of drug-likeness (QED) is 0.497. The van der Waals surface area contributed by atoms with Crippen LogP contribution in [-0.2, 0) is 0 Å². The first-order chi connectivity index (χ1) is 15.2. The first kappa shape index (κ1) is 19.7. The Balaban J connectivity index is 1.50. The Hall–Kier alpha value is -3.23. The number of aliphatic hydroxyl groups is 1. The van der Waals surface area contributed by atoms with Crippen molar-refractivity contribution in [1.82, 2.24) is 19.7 Å². The van der Waals surface area contributed by atoms with Crippen molar-refractivity contribution in [1.29, 1.82) is 0 Å². The van der Waals surface area contributed by atoms with E-state index in [2.05, 4.69) is 10.3 Å². The van der Waals surface area contributed by atoms with E-state index in [1.54, 1.807) is 6.20 Å². The van der Waals surface area contributed by atoms with Crippen LogP contribution in [0.3, 0.4) is 0 Å². The van der Waals surface area contributed by atoms with Gasteiger partial charge in [0.1, 0.15) is 41.5 Å². The predicted molar refractivity (Wildman–Crippen MR) is 115 cm³/mol. The summed E-state index contributed by atoms with van der Waals surface area (Å²) in [5.41, 5.74) is 2.98. The van der Waals surface area contributed by atoms with E-state index in [0.717, 1.165) is 23.3 Å². The fraction of sp³-hybridized carbons (Fsp3) is 0.304. The van der Waals surface area contributed by atoms with Crippen LogP contribution in [0.15, 0.2) is 54.9 Å². The molecule has 7 nitrogen and oxygen atoms in total. The molecular weight excluding hydrogens is 399 g/mol. The molecule has 160 valence electrons. The molecule has 3 aromatic heterocycles. The number of hydrogen-bond acceptors (Lipinski definition) is 6. The van der Waals surface area contributed by atoms with E-state index in [0.29, 0.717) is 35.6 Å². The highest BCUT2D eigenvalue weighted by Gasteiger charge is 2.27. The number of alkyl halides is 1. The zero-order valence-corrected chi connectivity index (χ0v) is 16.9. The molecule has 0 spiro atoms. The molecular formula is C23H23FN4O3. The Labute approximate surface area is 178 Å². The number of aromatic nitrogens is 3. The summed E-state index contributed by atoms with van der Waals surface area (Å²) in [5.74, 6) is 1.23. The van der Waals surface area contributed by atoms with Crippen LogP contribution in [0.2, 0.25) is 0 Å². The van der Waals surface area contributed by atoms with Crippen molar-refractivity contribution < 1.29 is 19.0 Å². The number of halogens is 1. The summed E-state index contributed by atoms with van der Waals surface area (Å²) in [5, 5.41) is 12.9. The minimum atomic E-state index is -1.05. The number of fused-ring (bicyclic) bond motifs is 2. The van der Waals surface area contributed by atoms with Gasteiger partial charge in [-0.05, 0) is 31.2 Å². The van der Waals surface area contributed by atoms with Gasteiger partial charge in [-0.25, -0.2) is 14.4 Å². The van der Waals surface area contributed by atoms with Crippen molar-refractivity contribution in [3.05, 3.63) is 54.9 Å². The van der Waals surface area contributed by atoms with E-state index in [9.17, 15) is 4.39 Å². The van der Waals surface area contributed by atoms with Crippen molar-refractivity contribution in [2.75, 3.05) is 26.3 Å². The van der Waals surface area contributed by atoms with Crippen LogP contribution in [0.5, 0.6) is 11.5 Å². The van der Waals surface area contributed by atoms with Crippen molar-refractivity contribution in [3.8, 4) is 22.9 Å². The predicted octanol–water partition coefficient (Wildman–Crippen LogP) is 3.00. The number of pyridine rings is 2. The molecule has 0 saturated carbocycles. The SMILES string of the molecule is OCCOc1ccn2c(-c3ccc4cccc(OC5CCNC[C@@H]5F)c4n3)cnc2c1. The Morgan fingerprint density at radius 3 is 3.03 bits per heavy atom. The smallest absolute Gasteiger partial charge is 0.149 e. The van der Waals surface area contributed by atoms with Gasteiger partial charge >= 0.3 is 0 Å². The average molecular weight is 422 g/mol. The number of aliphatic hydroxyl groups excluding tert-OH is 1. The lowest BCUT2D eigenvalue weighted by Crippen LogP contribution is -2.44. The highest BCUT2D eigenvalue weighted by Crippen LogP contribution is 2.30. The van der Waals surface area contributed by atoms with Gasteiger partial charge in [0.2, 0.25) is 0 Å². The van der Waals surface area contributed by atoms with E-state index in [-0.39, 0.29) is 13.2 Å². The van der Waals surface area contributed by atoms with Crippen LogP contribution in [0.25, 0.3) is 27.9 Å². The van der Waals surface area contributed by atoms with E-state index >= 15 is 0 Å². The lowest BCUT2D eigenvalue weighted by Gasteiger charge is -2.27. The third-order valence-corrected chi connectivity index (χ3v) is 5.42. The molecule has 4 heterocycles. The number of benzene rings is 1. The fourth-order valence-electron chi connectivity index (χ4n) is 3.85. The number of hydrogen-bond donors (Lipinski definition) is 2. The fourth-order valence-corrected chi connectivity index (χ4v) is 3.85. The normalized spacial score (nSPS) is 19.0. The van der Waals surface area contributed by atoms with Gasteiger partial charge in [0, 0.05) is 24.2 Å². The topological polar surface area (TPSA) is 80.9 Å². The Kier molecular flexibility index (Phi) is 5.40. The lowest BCUT2D eigenvalue weighted by molar-refractivity contribution is 0.0743. The Bertz CT molecular complexity index is 1210. The van der Waals surface area contributed by atoms with E-state index in [1.807, 2.05) is 53.1 Å². The number of rotatable bonds is 6. The number of para-hydroxylation sites is 1. The van der Waals surface area contributed by atoms with Crippen LogP contribution in [0.1, 0.15) is 6.42 Å². The molecule has 2 N–H and O–H groups in total. The van der Waals surface area contributed by atoms with E-state index in [4.69, 9.17) is 19.6 Å². The summed E-state index contributed by atoms with van der Waals surface area (Å²) in [7, 11) is 0. The van der Waals surface area contributed by atoms with E-state index in [1.165, 1.54) is 0 Å². The van der Waals surface area contributed by atoms with E-state index < -0.39 is 12.3 Å². The van der Waals surface area contributed by atoms with Crippen molar-refractivity contribution in [3.63, 3.8) is 0 Å². The van der Waals surface area contributed by atoms with Crippen molar-refractivity contribution in [2.45, 2.75) is 18.7 Å². The number of nitrogens with zero attached hydrogens (tertiary/aromatic N) is 3. The molecule has 5 rings (SSSR count). The van der Waals surface area contributed by atoms with Gasteiger partial charge in [0.05, 0.1) is 24.2 Å². The molecule has 1 unspecified atom stereocenters. The summed E-state index contributed by atoms with van der Waals surface area (Å²) in [6, 6.07) is 13.3. The molecule has 8 heteroatoms. The average Bonchev–Trinajstić information content (AvgIpc) is 3.22. The first-order valence-electron chi connectivity index (χ1n) is 10.4. The second kappa shape index (κ2) is 8.49. The largest absolute Gasteiger partial charge is 0.491 e. The Morgan fingerprint density at radius 1 is 1.23 bits per heavy atom. The molecule has 1 fully saturated rings. The molecule has 1 aliphatic heterocycles. The summed E-state index contributed by atoms with van der Waals surface area (Å²) >= 11 is 0. The number of ether oxygens (including phenoxy) is 2. The lowest BCUT2D eigenvalue weighted by atomic mass is 10.1. The molecule has 31 heavy (non-hydrogen) atoms. The summed E-state index contributed by atoms with van der Waals surface area (Å²) < 4.78 is 27.7. The molecule has 1 saturated heterocycles. The summed E-state index contributed by atoms with van der Waals surface area (Å²) in [6.07, 6.45) is 2.71. The summed E-state index contributed by atoms with van der Waals surface area (Å²) in [6.45, 7) is 1.23. The summed E-state index contributed by atoms with van der Waals surface area (Å²) in [4.78, 5) is 9.30. The highest BCUT2D eigenvalue weighted by atomic mass is 19.1. The first-order valence-corrected chi connectivity index (χ1v) is 10.4. The maximum atomic E-state index is 14.3. The second-order valence-electron chi connectivity index (χ2n) is 7.50. The minimum Gasteiger partial charge on any atom is -0.491 e. The maximum absolute atomic E-state index is 14.3. The van der Waals surface area contributed by atoms with Crippen LogP contribution in [0, 0.1) is 0 Å². The molecule has 0 aliphatic carbocycles. The van der Waals surface area contributed by atoms with Gasteiger partial charge in [-0.1, -0.05) is 18.2 Å². The Morgan fingerprint density at radius 2 is 2.16 bits per heavy atom. The second-order valence-corrected chi connectivity index (χ2v) is 7.50. The molecule has 1 aliphatic rings. The highest BCUT2D eigenvalue weighted by molar-refractivity contribution is 5.86. The molecule has 2 atom stereocenters. The van der Waals surface area contributed by atoms with Crippen LogP contribution in [-0.4, -0.2) is 58.1 Å². The molecule has 1 aromatic carbocycles. The zero-order valence-electron chi connectivity index (χ0n) is 16.9. The van der Waals surface area contributed by atoms with Gasteiger partial charge in [-0.2, -0.15) is 0 Å². The standard InChI is InChI=1S/C23H23FN4O3/c24-17-13-25-8-6-20(17)31-21-3-1-2-15-4-5-18(27-23(15)21)19-14-26-22-12-16(30-11-10-29)7-9-28(19)22/h1-5,7,9,12,14,17,20,25,29H,6,8,10-11,13H2/t17-,20?/m0/s1. The van der Waals surface area contributed by atoms with Crippen LogP contribution < -0.4 is 14.8 Å². The van der Waals surface area contributed by atoms with Crippen molar-refractivity contribution in [2.24, 2.45) is 0 Å². The van der Waals surface area contributed by atoms with Gasteiger partial charge in [0.15, 0.2) is 0 Å². The van der Waals surface area contributed by atoms with Gasteiger partial charge in [-0.3, -0.25) is 4.40 Å². The minimum absolute atomic E-state index is 0.0448. The van der Waals surface area contributed by atoms with Gasteiger partial charge < -0.3 is 19.9 Å². The van der Waals surface area contributed by atoms with Gasteiger partial charge in [-0.15, -0.1) is 0 Å².